The number of rotatable bonds is 2. The van der Waals surface area contributed by atoms with Crippen LogP contribution in [0.3, 0.4) is 0 Å². The lowest BCUT2D eigenvalue weighted by Gasteiger charge is -2.18. The largest absolute Gasteiger partial charge is 0.444 e. The van der Waals surface area contributed by atoms with Gasteiger partial charge in [-0.3, -0.25) is 5.32 Å². The van der Waals surface area contributed by atoms with E-state index in [1.165, 1.54) is 23.5 Å². The molecular weight excluding hydrogens is 395 g/mol. The van der Waals surface area contributed by atoms with Crippen molar-refractivity contribution >= 4 is 50.1 Å². The molecule has 0 aliphatic carbocycles. The summed E-state index contributed by atoms with van der Waals surface area (Å²) in [5.74, 6) is -0.496. The maximum atomic E-state index is 13.2. The SMILES string of the molecule is CC(C)(C)OC(=O)Nc1nc(-c2ccc(F)c(Cl)c2)c(Br)s1. The molecule has 0 spiro atoms. The number of carbonyl (C=O) groups excluding carboxylic acids is 1. The van der Waals surface area contributed by atoms with E-state index in [-0.39, 0.29) is 5.02 Å². The topological polar surface area (TPSA) is 51.2 Å². The second-order valence-corrected chi connectivity index (χ2v) is 8.12. The monoisotopic (exact) mass is 406 g/mol. The van der Waals surface area contributed by atoms with E-state index in [0.29, 0.717) is 20.2 Å². The van der Waals surface area contributed by atoms with E-state index < -0.39 is 17.5 Å². The van der Waals surface area contributed by atoms with Crippen molar-refractivity contribution in [3.05, 3.63) is 32.8 Å². The first-order valence-electron chi connectivity index (χ1n) is 6.27. The molecule has 0 fully saturated rings. The van der Waals surface area contributed by atoms with Crippen molar-refractivity contribution in [1.82, 2.24) is 4.98 Å². The first-order valence-corrected chi connectivity index (χ1v) is 8.26. The fraction of sp³-hybridized carbons (Fsp3) is 0.286. The van der Waals surface area contributed by atoms with Gasteiger partial charge in [0.1, 0.15) is 11.4 Å². The maximum Gasteiger partial charge on any atom is 0.413 e. The molecule has 0 radical (unpaired) electrons. The Balaban J connectivity index is 2.21. The zero-order valence-electron chi connectivity index (χ0n) is 12.0. The molecule has 0 aliphatic heterocycles. The molecule has 0 bridgehead atoms. The van der Waals surface area contributed by atoms with E-state index >= 15 is 0 Å². The van der Waals surface area contributed by atoms with Gasteiger partial charge in [0.05, 0.1) is 14.5 Å². The first-order chi connectivity index (χ1) is 10.2. The first kappa shape index (κ1) is 17.2. The van der Waals surface area contributed by atoms with Crippen LogP contribution in [0.5, 0.6) is 0 Å². The number of halogens is 3. The Kier molecular flexibility index (Phi) is 5.09. The summed E-state index contributed by atoms with van der Waals surface area (Å²) in [5.41, 5.74) is 0.621. The number of hydrogen-bond acceptors (Lipinski definition) is 4. The summed E-state index contributed by atoms with van der Waals surface area (Å²) in [4.78, 5) is 16.0. The van der Waals surface area contributed by atoms with Crippen LogP contribution in [0.25, 0.3) is 11.3 Å². The van der Waals surface area contributed by atoms with Gasteiger partial charge in [0.2, 0.25) is 0 Å². The summed E-state index contributed by atoms with van der Waals surface area (Å²) in [6, 6.07) is 4.32. The fourth-order valence-corrected chi connectivity index (χ4v) is 3.23. The molecule has 8 heteroatoms. The van der Waals surface area contributed by atoms with Crippen molar-refractivity contribution < 1.29 is 13.9 Å². The van der Waals surface area contributed by atoms with Crippen LogP contribution >= 0.6 is 38.9 Å². The molecule has 0 atom stereocenters. The Morgan fingerprint density at radius 3 is 2.73 bits per heavy atom. The van der Waals surface area contributed by atoms with Gasteiger partial charge < -0.3 is 4.74 Å². The smallest absolute Gasteiger partial charge is 0.413 e. The number of benzene rings is 1. The number of hydrogen-bond donors (Lipinski definition) is 1. The minimum Gasteiger partial charge on any atom is -0.444 e. The van der Waals surface area contributed by atoms with Crippen molar-refractivity contribution in [3.8, 4) is 11.3 Å². The van der Waals surface area contributed by atoms with Crippen molar-refractivity contribution in [2.45, 2.75) is 26.4 Å². The van der Waals surface area contributed by atoms with Crippen LogP contribution in [0.2, 0.25) is 5.02 Å². The van der Waals surface area contributed by atoms with Crippen LogP contribution in [0.1, 0.15) is 20.8 Å². The summed E-state index contributed by atoms with van der Waals surface area (Å²) < 4.78 is 19.1. The highest BCUT2D eigenvalue weighted by molar-refractivity contribution is 9.11. The van der Waals surface area contributed by atoms with Gasteiger partial charge >= 0.3 is 6.09 Å². The summed E-state index contributed by atoms with van der Waals surface area (Å²) in [6.07, 6.45) is -0.586. The van der Waals surface area contributed by atoms with Crippen LogP contribution in [0, 0.1) is 5.82 Å². The molecule has 0 unspecified atom stereocenters. The lowest BCUT2D eigenvalue weighted by atomic mass is 10.2. The molecule has 1 aromatic heterocycles. The van der Waals surface area contributed by atoms with Gasteiger partial charge in [0.15, 0.2) is 5.13 Å². The summed E-state index contributed by atoms with van der Waals surface area (Å²) in [5, 5.41) is 2.95. The third-order valence-corrected chi connectivity index (χ3v) is 4.30. The van der Waals surface area contributed by atoms with E-state index in [4.69, 9.17) is 16.3 Å². The molecule has 0 saturated carbocycles. The van der Waals surface area contributed by atoms with Crippen LogP contribution in [0.15, 0.2) is 22.0 Å². The van der Waals surface area contributed by atoms with Gasteiger partial charge in [-0.25, -0.2) is 14.2 Å². The predicted molar refractivity (Wildman–Crippen MR) is 90.1 cm³/mol. The summed E-state index contributed by atoms with van der Waals surface area (Å²) >= 11 is 10.4. The zero-order valence-corrected chi connectivity index (χ0v) is 15.2. The number of nitrogens with one attached hydrogen (secondary N) is 1. The summed E-state index contributed by atoms with van der Waals surface area (Å²) in [7, 11) is 0. The number of ether oxygens (including phenoxy) is 1. The van der Waals surface area contributed by atoms with Crippen molar-refractivity contribution in [3.63, 3.8) is 0 Å². The minimum absolute atomic E-state index is 0.0130. The Labute approximate surface area is 144 Å². The average molecular weight is 408 g/mol. The normalized spacial score (nSPS) is 11.4. The van der Waals surface area contributed by atoms with Crippen LogP contribution in [0.4, 0.5) is 14.3 Å². The molecule has 118 valence electrons. The highest BCUT2D eigenvalue weighted by Crippen LogP contribution is 2.36. The Hall–Kier alpha value is -1.18. The van der Waals surface area contributed by atoms with Gasteiger partial charge in [0, 0.05) is 5.56 Å². The fourth-order valence-electron chi connectivity index (χ4n) is 1.57. The lowest BCUT2D eigenvalue weighted by molar-refractivity contribution is 0.0636. The van der Waals surface area contributed by atoms with E-state index in [1.54, 1.807) is 26.8 Å². The molecule has 1 aromatic carbocycles. The van der Waals surface area contributed by atoms with Crippen molar-refractivity contribution in [2.75, 3.05) is 5.32 Å². The van der Waals surface area contributed by atoms with Crippen LogP contribution in [-0.2, 0) is 4.74 Å². The average Bonchev–Trinajstić information content (AvgIpc) is 2.71. The molecule has 1 N–H and O–H groups in total. The third kappa shape index (κ3) is 4.41. The number of nitrogens with zero attached hydrogens (tertiary/aromatic N) is 1. The number of thiazole rings is 1. The van der Waals surface area contributed by atoms with E-state index in [0.717, 1.165) is 0 Å². The summed E-state index contributed by atoms with van der Waals surface area (Å²) in [6.45, 7) is 5.32. The number of aromatic nitrogens is 1. The van der Waals surface area contributed by atoms with Gasteiger partial charge in [-0.05, 0) is 54.9 Å². The second-order valence-electron chi connectivity index (χ2n) is 5.40. The maximum absolute atomic E-state index is 13.2. The molecule has 0 saturated heterocycles. The zero-order chi connectivity index (χ0) is 16.5. The van der Waals surface area contributed by atoms with Crippen LogP contribution in [-0.4, -0.2) is 16.7 Å². The standard InChI is InChI=1S/C14H13BrClFN2O2S/c1-14(2,3)21-13(20)19-12-18-10(11(15)22-12)7-4-5-9(17)8(16)6-7/h4-6H,1-3H3,(H,18,19,20). The van der Waals surface area contributed by atoms with Crippen LogP contribution < -0.4 is 5.32 Å². The molecule has 2 aromatic rings. The Bertz CT molecular complexity index is 715. The van der Waals surface area contributed by atoms with Gasteiger partial charge in [-0.15, -0.1) is 0 Å². The Morgan fingerprint density at radius 1 is 1.45 bits per heavy atom. The molecule has 4 nitrogen and oxygen atoms in total. The van der Waals surface area contributed by atoms with Gasteiger partial charge in [-0.2, -0.15) is 0 Å². The minimum atomic E-state index is -0.591. The predicted octanol–water partition coefficient (Wildman–Crippen LogP) is 5.71. The number of anilines is 1. The van der Waals surface area contributed by atoms with Gasteiger partial charge in [0.25, 0.3) is 0 Å². The quantitative estimate of drug-likeness (QED) is 0.693. The van der Waals surface area contributed by atoms with Crippen molar-refractivity contribution in [1.29, 1.82) is 0 Å². The lowest BCUT2D eigenvalue weighted by Crippen LogP contribution is -2.27. The molecular formula is C14H13BrClFN2O2S. The molecule has 22 heavy (non-hydrogen) atoms. The number of amides is 1. The molecule has 2 rings (SSSR count). The van der Waals surface area contributed by atoms with Gasteiger partial charge in [-0.1, -0.05) is 22.9 Å². The molecule has 1 heterocycles. The number of carbonyl (C=O) groups is 1. The molecule has 0 aliphatic rings. The van der Waals surface area contributed by atoms with Crippen molar-refractivity contribution in [2.24, 2.45) is 0 Å². The molecule has 1 amide bonds. The van der Waals surface area contributed by atoms with E-state index in [2.05, 4.69) is 26.2 Å². The Morgan fingerprint density at radius 2 is 2.14 bits per heavy atom. The van der Waals surface area contributed by atoms with E-state index in [1.807, 2.05) is 0 Å². The second kappa shape index (κ2) is 6.52. The highest BCUT2D eigenvalue weighted by Gasteiger charge is 2.19. The van der Waals surface area contributed by atoms with E-state index in [9.17, 15) is 9.18 Å². The highest BCUT2D eigenvalue weighted by atomic mass is 79.9. The third-order valence-electron chi connectivity index (χ3n) is 2.39.